The quantitative estimate of drug-likeness (QED) is 0.581. The summed E-state index contributed by atoms with van der Waals surface area (Å²) in [4.78, 5) is 0. The number of ether oxygens (including phenoxy) is 2. The second-order valence-electron chi connectivity index (χ2n) is 7.22. The number of fused-ring (bicyclic) bond motifs is 4. The molecule has 28 heavy (non-hydrogen) atoms. The van der Waals surface area contributed by atoms with Crippen LogP contribution < -0.4 is 9.47 Å². The van der Waals surface area contributed by atoms with E-state index in [-0.39, 0.29) is 5.25 Å². The van der Waals surface area contributed by atoms with Gasteiger partial charge in [-0.2, -0.15) is 9.78 Å². The topological polar surface area (TPSA) is 61.5 Å². The van der Waals surface area contributed by atoms with Crippen LogP contribution in [-0.4, -0.2) is 39.0 Å². The van der Waals surface area contributed by atoms with E-state index in [0.717, 1.165) is 73.3 Å². The molecule has 7 heteroatoms. The van der Waals surface area contributed by atoms with Gasteiger partial charge in [0.1, 0.15) is 0 Å². The Labute approximate surface area is 170 Å². The number of unbranched alkanes of at least 4 members (excludes halogenated alkanes) is 2. The molecule has 1 aliphatic carbocycles. The molecule has 4 rings (SSSR count). The molecule has 1 aromatic carbocycles. The standard InChI is InChI=1S/C21H28N4O2S/c1-4-7-9-26-16-11-14-12-18-20(15(14)13-17(16)27-10-8-5-2)24-25-19(6-3)22-23-21(25)28-18/h11,13,18H,4-10,12H2,1-3H3. The second kappa shape index (κ2) is 8.55. The molecule has 2 aromatic rings. The van der Waals surface area contributed by atoms with Gasteiger partial charge in [-0.25, -0.2) is 0 Å². The Kier molecular flexibility index (Phi) is 5.90. The van der Waals surface area contributed by atoms with E-state index in [9.17, 15) is 0 Å². The van der Waals surface area contributed by atoms with Crippen LogP contribution in [0.15, 0.2) is 22.4 Å². The normalized spacial score (nSPS) is 17.0. The van der Waals surface area contributed by atoms with Crippen molar-refractivity contribution < 1.29 is 9.47 Å². The van der Waals surface area contributed by atoms with Crippen LogP contribution in [0.4, 0.5) is 0 Å². The van der Waals surface area contributed by atoms with Crippen molar-refractivity contribution in [1.29, 1.82) is 0 Å². The molecule has 0 amide bonds. The molecule has 2 aliphatic rings. The molecule has 2 heterocycles. The van der Waals surface area contributed by atoms with Gasteiger partial charge in [0.25, 0.3) is 0 Å². The van der Waals surface area contributed by atoms with E-state index in [1.165, 1.54) is 11.1 Å². The molecule has 6 nitrogen and oxygen atoms in total. The van der Waals surface area contributed by atoms with Crippen LogP contribution in [-0.2, 0) is 12.8 Å². The Morgan fingerprint density at radius 2 is 1.75 bits per heavy atom. The summed E-state index contributed by atoms with van der Waals surface area (Å²) in [5.41, 5.74) is 3.55. The lowest BCUT2D eigenvalue weighted by atomic mass is 10.1. The smallest absolute Gasteiger partial charge is 0.212 e. The minimum absolute atomic E-state index is 0.283. The predicted octanol–water partition coefficient (Wildman–Crippen LogP) is 4.48. The Hall–Kier alpha value is -2.02. The minimum atomic E-state index is 0.283. The molecular formula is C21H28N4O2S. The Morgan fingerprint density at radius 1 is 1.04 bits per heavy atom. The molecule has 0 saturated heterocycles. The molecule has 1 atom stereocenters. The largest absolute Gasteiger partial charge is 0.490 e. The Bertz CT molecular complexity index is 878. The van der Waals surface area contributed by atoms with E-state index in [1.54, 1.807) is 11.8 Å². The van der Waals surface area contributed by atoms with E-state index in [2.05, 4.69) is 43.1 Å². The highest BCUT2D eigenvalue weighted by atomic mass is 32.2. The lowest BCUT2D eigenvalue weighted by Gasteiger charge is -2.17. The highest BCUT2D eigenvalue weighted by Gasteiger charge is 2.36. The molecule has 0 N–H and O–H groups in total. The molecule has 150 valence electrons. The zero-order valence-corrected chi connectivity index (χ0v) is 17.7. The van der Waals surface area contributed by atoms with Crippen molar-refractivity contribution in [1.82, 2.24) is 14.9 Å². The van der Waals surface area contributed by atoms with Gasteiger partial charge in [-0.15, -0.1) is 10.2 Å². The Balaban J connectivity index is 1.67. The first-order valence-electron chi connectivity index (χ1n) is 10.4. The van der Waals surface area contributed by atoms with E-state index in [4.69, 9.17) is 14.6 Å². The number of thioether (sulfide) groups is 1. The maximum atomic E-state index is 6.09. The highest BCUT2D eigenvalue weighted by molar-refractivity contribution is 8.00. The van der Waals surface area contributed by atoms with Crippen LogP contribution in [0, 0.1) is 0 Å². The summed E-state index contributed by atoms with van der Waals surface area (Å²) in [7, 11) is 0. The van der Waals surface area contributed by atoms with Crippen LogP contribution in [0.1, 0.15) is 63.4 Å². The number of aromatic nitrogens is 3. The molecule has 0 saturated carbocycles. The number of aryl methyl sites for hydroxylation is 1. The second-order valence-corrected chi connectivity index (χ2v) is 8.39. The summed E-state index contributed by atoms with van der Waals surface area (Å²) >= 11 is 1.75. The first kappa shape index (κ1) is 19.3. The molecule has 1 unspecified atom stereocenters. The van der Waals surface area contributed by atoms with E-state index < -0.39 is 0 Å². The third-order valence-electron chi connectivity index (χ3n) is 5.12. The fraction of sp³-hybridized carbons (Fsp3) is 0.571. The van der Waals surface area contributed by atoms with E-state index in [1.807, 2.05) is 4.68 Å². The van der Waals surface area contributed by atoms with Gasteiger partial charge in [-0.05, 0) is 37.0 Å². The fourth-order valence-electron chi connectivity index (χ4n) is 3.50. The number of hydrogen-bond acceptors (Lipinski definition) is 6. The first-order valence-corrected chi connectivity index (χ1v) is 11.3. The van der Waals surface area contributed by atoms with Crippen LogP contribution >= 0.6 is 11.8 Å². The maximum Gasteiger partial charge on any atom is 0.212 e. The average Bonchev–Trinajstić information content (AvgIpc) is 3.26. The molecule has 0 radical (unpaired) electrons. The lowest BCUT2D eigenvalue weighted by Crippen LogP contribution is -2.20. The van der Waals surface area contributed by atoms with Gasteiger partial charge in [0.15, 0.2) is 17.3 Å². The molecule has 1 aromatic heterocycles. The highest BCUT2D eigenvalue weighted by Crippen LogP contribution is 2.42. The van der Waals surface area contributed by atoms with Gasteiger partial charge in [0.05, 0.1) is 24.2 Å². The summed E-state index contributed by atoms with van der Waals surface area (Å²) in [5.74, 6) is 2.60. The van der Waals surface area contributed by atoms with Crippen molar-refractivity contribution in [3.63, 3.8) is 0 Å². The number of hydrogen-bond donors (Lipinski definition) is 0. The summed E-state index contributed by atoms with van der Waals surface area (Å²) in [6.45, 7) is 7.86. The molecule has 1 aliphatic heterocycles. The number of nitrogens with zero attached hydrogens (tertiary/aromatic N) is 4. The van der Waals surface area contributed by atoms with Crippen LogP contribution in [0.3, 0.4) is 0 Å². The Morgan fingerprint density at radius 3 is 2.43 bits per heavy atom. The van der Waals surface area contributed by atoms with Gasteiger partial charge in [-0.1, -0.05) is 45.4 Å². The van der Waals surface area contributed by atoms with Crippen molar-refractivity contribution in [3.05, 3.63) is 29.1 Å². The fourth-order valence-corrected chi connectivity index (χ4v) is 4.64. The average molecular weight is 401 g/mol. The van der Waals surface area contributed by atoms with Crippen molar-refractivity contribution in [2.24, 2.45) is 5.10 Å². The number of benzene rings is 1. The van der Waals surface area contributed by atoms with Gasteiger partial charge in [0.2, 0.25) is 5.16 Å². The summed E-state index contributed by atoms with van der Waals surface area (Å²) in [6.07, 6.45) is 6.06. The molecule has 0 spiro atoms. The first-order chi connectivity index (χ1) is 13.7. The third kappa shape index (κ3) is 3.64. The van der Waals surface area contributed by atoms with Crippen molar-refractivity contribution in [3.8, 4) is 11.5 Å². The van der Waals surface area contributed by atoms with Crippen molar-refractivity contribution in [2.75, 3.05) is 13.2 Å². The lowest BCUT2D eigenvalue weighted by molar-refractivity contribution is 0.261. The SMILES string of the molecule is CCCCOc1cc2c(cc1OCCCC)C1=Nn3c(CC)nnc3SC1C2. The zero-order valence-electron chi connectivity index (χ0n) is 16.9. The minimum Gasteiger partial charge on any atom is -0.490 e. The molecule has 0 fully saturated rings. The van der Waals surface area contributed by atoms with E-state index in [0.29, 0.717) is 6.61 Å². The monoisotopic (exact) mass is 400 g/mol. The molecule has 0 bridgehead atoms. The molecular weight excluding hydrogens is 372 g/mol. The van der Waals surface area contributed by atoms with Crippen molar-refractivity contribution >= 4 is 17.5 Å². The summed E-state index contributed by atoms with van der Waals surface area (Å²) in [5, 5.41) is 14.7. The maximum absolute atomic E-state index is 6.09. The predicted molar refractivity (Wildman–Crippen MR) is 112 cm³/mol. The summed E-state index contributed by atoms with van der Waals surface area (Å²) in [6, 6.07) is 4.29. The van der Waals surface area contributed by atoms with Gasteiger partial charge < -0.3 is 9.47 Å². The van der Waals surface area contributed by atoms with Gasteiger partial charge in [0, 0.05) is 12.0 Å². The van der Waals surface area contributed by atoms with Crippen LogP contribution in [0.5, 0.6) is 11.5 Å². The third-order valence-corrected chi connectivity index (χ3v) is 6.25. The van der Waals surface area contributed by atoms with Crippen molar-refractivity contribution in [2.45, 2.75) is 69.7 Å². The summed E-state index contributed by atoms with van der Waals surface area (Å²) < 4.78 is 14.1. The van der Waals surface area contributed by atoms with Gasteiger partial charge >= 0.3 is 0 Å². The zero-order chi connectivity index (χ0) is 19.5. The van der Waals surface area contributed by atoms with Crippen LogP contribution in [0.25, 0.3) is 0 Å². The van der Waals surface area contributed by atoms with Gasteiger partial charge in [-0.3, -0.25) is 0 Å². The van der Waals surface area contributed by atoms with E-state index >= 15 is 0 Å². The number of rotatable bonds is 9. The van der Waals surface area contributed by atoms with Crippen LogP contribution in [0.2, 0.25) is 0 Å².